The van der Waals surface area contributed by atoms with Gasteiger partial charge in [0.25, 0.3) is 0 Å². The number of para-hydroxylation sites is 1. The standard InChI is InChI=1S/C17H24BNO7/c1-4-6-15(21)19-14-9-12-7-5-8-13(16(12)26-18(14)23)17(22)25-11(3)24-10(2)20/h5,7-8,11,14,17,22-23H,4,6,9H2,1-3H3,(H,19,21)/t11?,14-,17?/m0/s1. The van der Waals surface area contributed by atoms with E-state index in [-0.39, 0.29) is 5.91 Å². The number of carbonyl (C=O) groups is 2. The molecule has 9 heteroatoms. The molecule has 8 nitrogen and oxygen atoms in total. The lowest BCUT2D eigenvalue weighted by Gasteiger charge is -2.30. The van der Waals surface area contributed by atoms with E-state index in [4.69, 9.17) is 14.1 Å². The fraction of sp³-hybridized carbons (Fsp3) is 0.529. The topological polar surface area (TPSA) is 114 Å². The Kier molecular flexibility index (Phi) is 7.02. The van der Waals surface area contributed by atoms with Crippen molar-refractivity contribution < 1.29 is 33.8 Å². The average Bonchev–Trinajstić information content (AvgIpc) is 2.54. The van der Waals surface area contributed by atoms with E-state index in [2.05, 4.69) is 5.32 Å². The molecule has 0 fully saturated rings. The number of hydrogen-bond acceptors (Lipinski definition) is 7. The van der Waals surface area contributed by atoms with Crippen LogP contribution >= 0.6 is 0 Å². The van der Waals surface area contributed by atoms with Gasteiger partial charge in [-0.3, -0.25) is 9.59 Å². The summed E-state index contributed by atoms with van der Waals surface area (Å²) in [5, 5.41) is 23.2. The molecule has 0 aromatic heterocycles. The summed E-state index contributed by atoms with van der Waals surface area (Å²) < 4.78 is 15.6. The van der Waals surface area contributed by atoms with E-state index < -0.39 is 31.6 Å². The highest BCUT2D eigenvalue weighted by Gasteiger charge is 2.37. The van der Waals surface area contributed by atoms with Gasteiger partial charge in [-0.1, -0.05) is 25.1 Å². The van der Waals surface area contributed by atoms with Crippen molar-refractivity contribution in [2.45, 2.75) is 58.6 Å². The van der Waals surface area contributed by atoms with E-state index in [9.17, 15) is 19.7 Å². The quantitative estimate of drug-likeness (QED) is 0.373. The number of fused-ring (bicyclic) bond motifs is 1. The molecule has 0 bridgehead atoms. The first-order chi connectivity index (χ1) is 12.3. The SMILES string of the molecule is CCCC(=O)N[C@H]1Cc2cccc(C(O)OC(C)OC(C)=O)c2OB1O. The summed E-state index contributed by atoms with van der Waals surface area (Å²) in [5.74, 6) is -0.964. The molecular weight excluding hydrogens is 341 g/mol. The third-order valence-electron chi connectivity index (χ3n) is 3.89. The molecule has 3 atom stereocenters. The first kappa shape index (κ1) is 20.2. The van der Waals surface area contributed by atoms with Crippen molar-refractivity contribution in [2.24, 2.45) is 0 Å². The fourth-order valence-electron chi connectivity index (χ4n) is 2.79. The molecule has 1 aliphatic heterocycles. The highest BCUT2D eigenvalue weighted by atomic mass is 16.7. The molecule has 1 heterocycles. The van der Waals surface area contributed by atoms with Gasteiger partial charge in [-0.25, -0.2) is 0 Å². The Labute approximate surface area is 152 Å². The molecule has 0 saturated heterocycles. The van der Waals surface area contributed by atoms with Crippen LogP contribution in [0, 0.1) is 0 Å². The van der Waals surface area contributed by atoms with Crippen molar-refractivity contribution in [1.29, 1.82) is 0 Å². The minimum Gasteiger partial charge on any atom is -0.534 e. The molecule has 2 unspecified atom stereocenters. The Hall–Kier alpha value is -2.10. The van der Waals surface area contributed by atoms with Crippen molar-refractivity contribution in [3.05, 3.63) is 29.3 Å². The second-order valence-electron chi connectivity index (χ2n) is 6.14. The van der Waals surface area contributed by atoms with Crippen molar-refractivity contribution in [2.75, 3.05) is 0 Å². The van der Waals surface area contributed by atoms with Gasteiger partial charge < -0.3 is 29.6 Å². The third kappa shape index (κ3) is 5.20. The van der Waals surface area contributed by atoms with Crippen LogP contribution in [-0.4, -0.2) is 41.4 Å². The van der Waals surface area contributed by atoms with E-state index in [0.29, 0.717) is 30.6 Å². The number of nitrogens with one attached hydrogen (secondary N) is 1. The summed E-state index contributed by atoms with van der Waals surface area (Å²) in [6, 6.07) is 5.09. The second-order valence-corrected chi connectivity index (χ2v) is 6.14. The number of benzene rings is 1. The lowest BCUT2D eigenvalue weighted by Crippen LogP contribution is -2.53. The Balaban J connectivity index is 2.12. The molecular formula is C17H24BNO7. The molecule has 26 heavy (non-hydrogen) atoms. The predicted molar refractivity (Wildman–Crippen MR) is 92.9 cm³/mol. The van der Waals surface area contributed by atoms with Gasteiger partial charge in [-0.15, -0.1) is 0 Å². The molecule has 0 spiro atoms. The van der Waals surface area contributed by atoms with Crippen LogP contribution in [0.25, 0.3) is 0 Å². The van der Waals surface area contributed by atoms with Gasteiger partial charge in [0.05, 0.1) is 5.94 Å². The molecule has 1 amide bonds. The zero-order chi connectivity index (χ0) is 19.3. The minimum atomic E-state index is -1.40. The molecule has 1 aromatic rings. The number of ether oxygens (including phenoxy) is 2. The zero-order valence-electron chi connectivity index (χ0n) is 15.1. The Morgan fingerprint density at radius 2 is 2.19 bits per heavy atom. The molecule has 3 N–H and O–H groups in total. The maximum atomic E-state index is 11.8. The highest BCUT2D eigenvalue weighted by molar-refractivity contribution is 6.46. The first-order valence-corrected chi connectivity index (χ1v) is 8.58. The number of hydrogen-bond donors (Lipinski definition) is 3. The normalized spacial score (nSPS) is 18.3. The predicted octanol–water partition coefficient (Wildman–Crippen LogP) is 0.843. The second kappa shape index (κ2) is 9.02. The van der Waals surface area contributed by atoms with Crippen molar-refractivity contribution in [3.8, 4) is 5.75 Å². The highest BCUT2D eigenvalue weighted by Crippen LogP contribution is 2.34. The summed E-state index contributed by atoms with van der Waals surface area (Å²) in [7, 11) is -1.25. The number of aliphatic hydroxyl groups is 1. The Bertz CT molecular complexity index is 654. The van der Waals surface area contributed by atoms with Crippen molar-refractivity contribution >= 4 is 19.0 Å². The number of carbonyl (C=O) groups excluding carboxylic acids is 2. The van der Waals surface area contributed by atoms with Gasteiger partial charge in [0.15, 0.2) is 6.29 Å². The summed E-state index contributed by atoms with van der Waals surface area (Å²) in [4.78, 5) is 22.7. The van der Waals surface area contributed by atoms with Crippen molar-refractivity contribution in [1.82, 2.24) is 5.32 Å². The maximum Gasteiger partial charge on any atom is 0.547 e. The number of amides is 1. The molecule has 1 aliphatic rings. The van der Waals surface area contributed by atoms with E-state index in [1.807, 2.05) is 6.92 Å². The zero-order valence-corrected chi connectivity index (χ0v) is 15.1. The van der Waals surface area contributed by atoms with Crippen LogP contribution in [0.2, 0.25) is 0 Å². The van der Waals surface area contributed by atoms with Crippen molar-refractivity contribution in [3.63, 3.8) is 0 Å². The summed E-state index contributed by atoms with van der Waals surface area (Å²) in [6.07, 6.45) is -0.922. The maximum absolute atomic E-state index is 11.8. The summed E-state index contributed by atoms with van der Waals surface area (Å²) in [6.45, 7) is 4.62. The summed E-state index contributed by atoms with van der Waals surface area (Å²) in [5.41, 5.74) is 1.02. The van der Waals surface area contributed by atoms with E-state index in [1.165, 1.54) is 13.8 Å². The van der Waals surface area contributed by atoms with Crippen LogP contribution in [0.3, 0.4) is 0 Å². The van der Waals surface area contributed by atoms with E-state index in [0.717, 1.165) is 5.56 Å². The number of aliphatic hydroxyl groups excluding tert-OH is 1. The molecule has 0 radical (unpaired) electrons. The van der Waals surface area contributed by atoms with Gasteiger partial charge in [0.2, 0.25) is 12.2 Å². The van der Waals surface area contributed by atoms with Crippen LogP contribution in [-0.2, 0) is 25.5 Å². The molecule has 0 aliphatic carbocycles. The largest absolute Gasteiger partial charge is 0.547 e. The smallest absolute Gasteiger partial charge is 0.534 e. The van der Waals surface area contributed by atoms with Gasteiger partial charge in [0.1, 0.15) is 5.75 Å². The average molecular weight is 365 g/mol. The van der Waals surface area contributed by atoms with Crippen LogP contribution in [0.1, 0.15) is 51.0 Å². The molecule has 1 aromatic carbocycles. The van der Waals surface area contributed by atoms with Crippen LogP contribution in [0.5, 0.6) is 5.75 Å². The summed E-state index contributed by atoms with van der Waals surface area (Å²) >= 11 is 0. The lowest BCUT2D eigenvalue weighted by atomic mass is 9.72. The molecule has 2 rings (SSSR count). The Morgan fingerprint density at radius 1 is 1.46 bits per heavy atom. The minimum absolute atomic E-state index is 0.154. The number of rotatable bonds is 7. The number of esters is 1. The Morgan fingerprint density at radius 3 is 2.85 bits per heavy atom. The van der Waals surface area contributed by atoms with E-state index in [1.54, 1.807) is 18.2 Å². The van der Waals surface area contributed by atoms with Crippen LogP contribution in [0.4, 0.5) is 0 Å². The van der Waals surface area contributed by atoms with Crippen LogP contribution < -0.4 is 9.97 Å². The third-order valence-corrected chi connectivity index (χ3v) is 3.89. The van der Waals surface area contributed by atoms with Gasteiger partial charge >= 0.3 is 13.1 Å². The van der Waals surface area contributed by atoms with Crippen LogP contribution in [0.15, 0.2) is 18.2 Å². The van der Waals surface area contributed by atoms with Gasteiger partial charge in [0, 0.05) is 18.9 Å². The lowest BCUT2D eigenvalue weighted by molar-refractivity contribution is -0.222. The van der Waals surface area contributed by atoms with E-state index >= 15 is 0 Å². The molecule has 0 saturated carbocycles. The first-order valence-electron chi connectivity index (χ1n) is 8.58. The van der Waals surface area contributed by atoms with Gasteiger partial charge in [-0.05, 0) is 25.3 Å². The van der Waals surface area contributed by atoms with Gasteiger partial charge in [-0.2, -0.15) is 0 Å². The molecule has 142 valence electrons. The monoisotopic (exact) mass is 365 g/mol. The fourth-order valence-corrected chi connectivity index (χ4v) is 2.79.